The van der Waals surface area contributed by atoms with E-state index in [4.69, 9.17) is 5.73 Å². The highest BCUT2D eigenvalue weighted by atomic mass is 16.2. The van der Waals surface area contributed by atoms with E-state index in [9.17, 15) is 9.59 Å². The molecule has 0 radical (unpaired) electrons. The summed E-state index contributed by atoms with van der Waals surface area (Å²) in [5.74, 6) is 0.0735. The molecule has 0 saturated heterocycles. The molecule has 0 bridgehead atoms. The Morgan fingerprint density at radius 2 is 1.93 bits per heavy atom. The zero-order chi connectivity index (χ0) is 10.9. The van der Waals surface area contributed by atoms with Crippen LogP contribution in [0.3, 0.4) is 0 Å². The highest BCUT2D eigenvalue weighted by Crippen LogP contribution is 2.07. The Bertz CT molecular complexity index is 391. The van der Waals surface area contributed by atoms with E-state index < -0.39 is 11.9 Å². The second-order valence-corrected chi connectivity index (χ2v) is 3.65. The van der Waals surface area contributed by atoms with Gasteiger partial charge in [0, 0.05) is 11.8 Å². The number of nitrogens with two attached hydrogens (primary N) is 1. The number of hydrogen-bond acceptors (Lipinski definition) is 3. The van der Waals surface area contributed by atoms with E-state index in [1.807, 2.05) is 13.8 Å². The summed E-state index contributed by atoms with van der Waals surface area (Å²) in [6.45, 7) is 5.46. The molecule has 78 valence electrons. The van der Waals surface area contributed by atoms with Crippen molar-refractivity contribution in [3.8, 4) is 0 Å². The van der Waals surface area contributed by atoms with Gasteiger partial charge in [0.2, 0.25) is 0 Å². The maximum absolute atomic E-state index is 11.3. The fraction of sp³-hybridized carbons (Fsp3) is 0.556. The first kappa shape index (κ1) is 10.7. The van der Waals surface area contributed by atoms with E-state index in [0.29, 0.717) is 5.56 Å². The summed E-state index contributed by atoms with van der Waals surface area (Å²) in [6.07, 6.45) is 1.09. The molecule has 1 atom stereocenters. The molecule has 0 saturated carbocycles. The SMILES string of the molecule is CC(C)c1cn(C(C)N)c(=O)[nH]c1=O. The molecular formula is C9H15N3O2. The van der Waals surface area contributed by atoms with Crippen molar-refractivity contribution in [1.29, 1.82) is 0 Å². The molecule has 1 unspecified atom stereocenters. The van der Waals surface area contributed by atoms with Crippen LogP contribution in [0.25, 0.3) is 0 Å². The molecule has 5 nitrogen and oxygen atoms in total. The lowest BCUT2D eigenvalue weighted by Crippen LogP contribution is -2.36. The van der Waals surface area contributed by atoms with Crippen LogP contribution in [0.4, 0.5) is 0 Å². The molecule has 5 heteroatoms. The number of nitrogens with one attached hydrogen (secondary N) is 1. The van der Waals surface area contributed by atoms with Crippen LogP contribution in [-0.2, 0) is 0 Å². The van der Waals surface area contributed by atoms with Crippen LogP contribution in [0, 0.1) is 0 Å². The Hall–Kier alpha value is -1.36. The van der Waals surface area contributed by atoms with Gasteiger partial charge in [-0.3, -0.25) is 14.3 Å². The zero-order valence-corrected chi connectivity index (χ0v) is 8.57. The monoisotopic (exact) mass is 197 g/mol. The number of nitrogens with zero attached hydrogens (tertiary/aromatic N) is 1. The van der Waals surface area contributed by atoms with Crippen LogP contribution in [0.5, 0.6) is 0 Å². The molecule has 0 amide bonds. The Labute approximate surface area is 81.6 Å². The van der Waals surface area contributed by atoms with Crippen LogP contribution in [0.2, 0.25) is 0 Å². The van der Waals surface area contributed by atoms with Crippen molar-refractivity contribution in [3.05, 3.63) is 32.6 Å². The Balaban J connectivity index is 3.43. The van der Waals surface area contributed by atoms with Gasteiger partial charge in [-0.05, 0) is 12.8 Å². The molecule has 0 spiro atoms. The lowest BCUT2D eigenvalue weighted by atomic mass is 10.1. The van der Waals surface area contributed by atoms with Gasteiger partial charge in [-0.25, -0.2) is 4.79 Å². The predicted octanol–water partition coefficient (Wildman–Crippen LogP) is 0.137. The van der Waals surface area contributed by atoms with E-state index in [0.717, 1.165) is 0 Å². The predicted molar refractivity (Wildman–Crippen MR) is 54.3 cm³/mol. The summed E-state index contributed by atoms with van der Waals surface area (Å²) < 4.78 is 1.32. The maximum atomic E-state index is 11.3. The van der Waals surface area contributed by atoms with E-state index in [1.165, 1.54) is 10.8 Å². The first-order valence-electron chi connectivity index (χ1n) is 4.54. The van der Waals surface area contributed by atoms with Gasteiger partial charge in [-0.15, -0.1) is 0 Å². The lowest BCUT2D eigenvalue weighted by molar-refractivity contribution is 0.529. The molecule has 0 fully saturated rings. The largest absolute Gasteiger partial charge is 0.329 e. The summed E-state index contributed by atoms with van der Waals surface area (Å²) in [4.78, 5) is 24.9. The number of rotatable bonds is 2. The van der Waals surface area contributed by atoms with Gasteiger partial charge in [0.15, 0.2) is 0 Å². The Morgan fingerprint density at radius 1 is 1.36 bits per heavy atom. The third-order valence-electron chi connectivity index (χ3n) is 2.06. The second kappa shape index (κ2) is 3.79. The van der Waals surface area contributed by atoms with Gasteiger partial charge in [0.25, 0.3) is 5.56 Å². The summed E-state index contributed by atoms with van der Waals surface area (Å²) >= 11 is 0. The van der Waals surface area contributed by atoms with Crippen LogP contribution >= 0.6 is 0 Å². The van der Waals surface area contributed by atoms with Gasteiger partial charge in [0.1, 0.15) is 0 Å². The molecule has 1 rings (SSSR count). The third-order valence-corrected chi connectivity index (χ3v) is 2.06. The van der Waals surface area contributed by atoms with Crippen molar-refractivity contribution in [2.75, 3.05) is 0 Å². The summed E-state index contributed by atoms with van der Waals surface area (Å²) in [6, 6.07) is 0. The molecule has 0 aliphatic heterocycles. The molecule has 0 aliphatic carbocycles. The van der Waals surface area contributed by atoms with Crippen molar-refractivity contribution in [2.24, 2.45) is 5.73 Å². The van der Waals surface area contributed by atoms with Gasteiger partial charge in [0.05, 0.1) is 6.17 Å². The first-order chi connectivity index (χ1) is 6.43. The fourth-order valence-electron chi connectivity index (χ4n) is 1.21. The van der Waals surface area contributed by atoms with Gasteiger partial charge in [-0.1, -0.05) is 13.8 Å². The van der Waals surface area contributed by atoms with Crippen molar-refractivity contribution in [1.82, 2.24) is 9.55 Å². The molecule has 3 N–H and O–H groups in total. The highest BCUT2D eigenvalue weighted by Gasteiger charge is 2.09. The minimum Gasteiger partial charge on any atom is -0.311 e. The normalized spacial score (nSPS) is 13.2. The van der Waals surface area contributed by atoms with Crippen LogP contribution < -0.4 is 17.0 Å². The topological polar surface area (TPSA) is 80.9 Å². The van der Waals surface area contributed by atoms with E-state index in [1.54, 1.807) is 6.92 Å². The fourth-order valence-corrected chi connectivity index (χ4v) is 1.21. The summed E-state index contributed by atoms with van der Waals surface area (Å²) in [7, 11) is 0. The van der Waals surface area contributed by atoms with Crippen molar-refractivity contribution < 1.29 is 0 Å². The highest BCUT2D eigenvalue weighted by molar-refractivity contribution is 5.09. The third kappa shape index (κ3) is 1.93. The second-order valence-electron chi connectivity index (χ2n) is 3.65. The molecule has 1 heterocycles. The maximum Gasteiger partial charge on any atom is 0.329 e. The van der Waals surface area contributed by atoms with Crippen LogP contribution in [-0.4, -0.2) is 9.55 Å². The summed E-state index contributed by atoms with van der Waals surface area (Å²) in [5.41, 5.74) is 5.35. The quantitative estimate of drug-likeness (QED) is 0.707. The Kier molecular flexibility index (Phi) is 2.90. The summed E-state index contributed by atoms with van der Waals surface area (Å²) in [5, 5.41) is 0. The number of hydrogen-bond donors (Lipinski definition) is 2. The van der Waals surface area contributed by atoms with Crippen molar-refractivity contribution in [2.45, 2.75) is 32.9 Å². The van der Waals surface area contributed by atoms with Crippen molar-refractivity contribution in [3.63, 3.8) is 0 Å². The standard InChI is InChI=1S/C9H15N3O2/c1-5(2)7-4-12(6(3)10)9(14)11-8(7)13/h4-6H,10H2,1-3H3,(H,11,13,14). The van der Waals surface area contributed by atoms with Gasteiger partial charge < -0.3 is 5.73 Å². The van der Waals surface area contributed by atoms with E-state index in [2.05, 4.69) is 4.98 Å². The average Bonchev–Trinajstić information content (AvgIpc) is 2.02. The molecule has 0 aromatic carbocycles. The average molecular weight is 197 g/mol. The first-order valence-corrected chi connectivity index (χ1v) is 4.54. The minimum absolute atomic E-state index is 0.0735. The lowest BCUT2D eigenvalue weighted by Gasteiger charge is -2.11. The minimum atomic E-state index is -0.464. The molecule has 1 aromatic rings. The molecular weight excluding hydrogens is 182 g/mol. The Morgan fingerprint density at radius 3 is 2.36 bits per heavy atom. The number of aromatic amines is 1. The van der Waals surface area contributed by atoms with E-state index >= 15 is 0 Å². The van der Waals surface area contributed by atoms with Crippen LogP contribution in [0.15, 0.2) is 15.8 Å². The van der Waals surface area contributed by atoms with Crippen molar-refractivity contribution >= 4 is 0 Å². The number of H-pyrrole nitrogens is 1. The van der Waals surface area contributed by atoms with Gasteiger partial charge in [-0.2, -0.15) is 0 Å². The van der Waals surface area contributed by atoms with Gasteiger partial charge >= 0.3 is 5.69 Å². The van der Waals surface area contributed by atoms with E-state index in [-0.39, 0.29) is 11.5 Å². The van der Waals surface area contributed by atoms with Crippen LogP contribution in [0.1, 0.15) is 38.4 Å². The smallest absolute Gasteiger partial charge is 0.311 e. The molecule has 14 heavy (non-hydrogen) atoms. The number of aromatic nitrogens is 2. The molecule has 0 aliphatic rings. The zero-order valence-electron chi connectivity index (χ0n) is 8.57. The molecule has 1 aromatic heterocycles.